The smallest absolute Gasteiger partial charge is 0.260 e. The van der Waals surface area contributed by atoms with Crippen LogP contribution in [0.25, 0.3) is 0 Å². The maximum atomic E-state index is 12.2. The van der Waals surface area contributed by atoms with E-state index < -0.39 is 0 Å². The van der Waals surface area contributed by atoms with Crippen molar-refractivity contribution < 1.29 is 19.1 Å². The molecule has 7 heteroatoms. The van der Waals surface area contributed by atoms with Crippen LogP contribution in [0.5, 0.6) is 5.75 Å². The lowest BCUT2D eigenvalue weighted by Gasteiger charge is -2.17. The van der Waals surface area contributed by atoms with Crippen LogP contribution in [0.2, 0.25) is 0 Å². The maximum absolute atomic E-state index is 12.2. The Kier molecular flexibility index (Phi) is 6.93. The van der Waals surface area contributed by atoms with Crippen LogP contribution >= 0.6 is 0 Å². The van der Waals surface area contributed by atoms with Gasteiger partial charge in [0.25, 0.3) is 5.91 Å². The van der Waals surface area contributed by atoms with E-state index in [-0.39, 0.29) is 30.9 Å². The first-order chi connectivity index (χ1) is 12.8. The summed E-state index contributed by atoms with van der Waals surface area (Å²) in [6.45, 7) is 3.08. The summed E-state index contributed by atoms with van der Waals surface area (Å²) in [4.78, 5) is 36.6. The third-order valence-corrected chi connectivity index (χ3v) is 3.66. The zero-order chi connectivity index (χ0) is 19.8. The summed E-state index contributed by atoms with van der Waals surface area (Å²) >= 11 is 0. The van der Waals surface area contributed by atoms with Crippen LogP contribution < -0.4 is 15.4 Å². The van der Waals surface area contributed by atoms with Crippen molar-refractivity contribution in [2.45, 2.75) is 13.8 Å². The molecule has 27 heavy (non-hydrogen) atoms. The Labute approximate surface area is 158 Å². The molecule has 0 aliphatic rings. The summed E-state index contributed by atoms with van der Waals surface area (Å²) in [7, 11) is 1.54. The van der Waals surface area contributed by atoms with Gasteiger partial charge in [-0.1, -0.05) is 23.8 Å². The van der Waals surface area contributed by atoms with E-state index in [1.807, 2.05) is 19.1 Å². The van der Waals surface area contributed by atoms with Crippen molar-refractivity contribution in [1.29, 1.82) is 0 Å². The molecule has 0 fully saturated rings. The van der Waals surface area contributed by atoms with Crippen molar-refractivity contribution in [3.8, 4) is 5.75 Å². The third-order valence-electron chi connectivity index (χ3n) is 3.66. The van der Waals surface area contributed by atoms with Crippen molar-refractivity contribution in [3.63, 3.8) is 0 Å². The molecule has 0 aromatic heterocycles. The van der Waals surface area contributed by atoms with Crippen molar-refractivity contribution in [3.05, 3.63) is 54.1 Å². The largest absolute Gasteiger partial charge is 0.484 e. The molecule has 0 unspecified atom stereocenters. The second-order valence-electron chi connectivity index (χ2n) is 6.16. The standard InChI is InChI=1S/C20H23N3O4/c1-14-7-9-16(10-8-14)22-19(25)12-23(3)20(26)13-27-18-6-4-5-17(11-18)21-15(2)24/h4-11H,12-13H2,1-3H3,(H,21,24)(H,22,25). The minimum Gasteiger partial charge on any atom is -0.484 e. The van der Waals surface area contributed by atoms with Gasteiger partial charge in [0.2, 0.25) is 11.8 Å². The second kappa shape index (κ2) is 9.38. The molecule has 0 radical (unpaired) electrons. The van der Waals surface area contributed by atoms with Gasteiger partial charge in [-0.15, -0.1) is 0 Å². The Bertz CT molecular complexity index is 818. The topological polar surface area (TPSA) is 87.7 Å². The van der Waals surface area contributed by atoms with Crippen molar-refractivity contribution >= 4 is 29.1 Å². The van der Waals surface area contributed by atoms with Gasteiger partial charge in [-0.3, -0.25) is 14.4 Å². The summed E-state index contributed by atoms with van der Waals surface area (Å²) in [5.74, 6) is -0.365. The van der Waals surface area contributed by atoms with Crippen LogP contribution in [-0.2, 0) is 14.4 Å². The van der Waals surface area contributed by atoms with Gasteiger partial charge in [-0.2, -0.15) is 0 Å². The van der Waals surface area contributed by atoms with E-state index >= 15 is 0 Å². The number of likely N-dealkylation sites (N-methyl/N-ethyl adjacent to an activating group) is 1. The molecule has 2 aromatic carbocycles. The first-order valence-electron chi connectivity index (χ1n) is 8.44. The Balaban J connectivity index is 1.82. The number of nitrogens with one attached hydrogen (secondary N) is 2. The molecular formula is C20H23N3O4. The predicted octanol–water partition coefficient (Wildman–Crippen LogP) is 2.43. The van der Waals surface area contributed by atoms with Crippen LogP contribution in [-0.4, -0.2) is 42.8 Å². The van der Waals surface area contributed by atoms with Gasteiger partial charge in [0, 0.05) is 31.4 Å². The molecule has 0 heterocycles. The number of rotatable bonds is 7. The first-order valence-corrected chi connectivity index (χ1v) is 8.44. The fraction of sp³-hybridized carbons (Fsp3) is 0.250. The molecule has 0 aliphatic carbocycles. The summed E-state index contributed by atoms with van der Waals surface area (Å²) in [6, 6.07) is 14.1. The van der Waals surface area contributed by atoms with Gasteiger partial charge >= 0.3 is 0 Å². The molecule has 2 rings (SSSR count). The highest BCUT2D eigenvalue weighted by atomic mass is 16.5. The monoisotopic (exact) mass is 369 g/mol. The van der Waals surface area contributed by atoms with Crippen LogP contribution in [0.4, 0.5) is 11.4 Å². The van der Waals surface area contributed by atoms with E-state index in [2.05, 4.69) is 10.6 Å². The summed E-state index contributed by atoms with van der Waals surface area (Å²) < 4.78 is 5.45. The maximum Gasteiger partial charge on any atom is 0.260 e. The third kappa shape index (κ3) is 6.81. The fourth-order valence-corrected chi connectivity index (χ4v) is 2.26. The normalized spacial score (nSPS) is 10.0. The molecule has 0 spiro atoms. The number of nitrogens with zero attached hydrogens (tertiary/aromatic N) is 1. The zero-order valence-corrected chi connectivity index (χ0v) is 15.6. The molecule has 7 nitrogen and oxygen atoms in total. The number of ether oxygens (including phenoxy) is 1. The quantitative estimate of drug-likeness (QED) is 0.785. The number of carbonyl (C=O) groups excluding carboxylic acids is 3. The number of hydrogen-bond acceptors (Lipinski definition) is 4. The number of amides is 3. The summed E-state index contributed by atoms with van der Waals surface area (Å²) in [5.41, 5.74) is 2.36. The Morgan fingerprint density at radius 2 is 1.70 bits per heavy atom. The second-order valence-corrected chi connectivity index (χ2v) is 6.16. The predicted molar refractivity (Wildman–Crippen MR) is 104 cm³/mol. The minimum atomic E-state index is -0.334. The molecule has 2 N–H and O–H groups in total. The molecule has 142 valence electrons. The molecule has 2 aromatic rings. The van der Waals surface area contributed by atoms with E-state index in [9.17, 15) is 14.4 Å². The van der Waals surface area contributed by atoms with E-state index in [1.165, 1.54) is 18.9 Å². The van der Waals surface area contributed by atoms with Crippen LogP contribution in [0.15, 0.2) is 48.5 Å². The minimum absolute atomic E-state index is 0.0813. The average Bonchev–Trinajstić information content (AvgIpc) is 2.61. The number of carbonyl (C=O) groups is 3. The molecule has 3 amide bonds. The Morgan fingerprint density at radius 1 is 1.00 bits per heavy atom. The van der Waals surface area contributed by atoms with Gasteiger partial charge in [-0.25, -0.2) is 0 Å². The average molecular weight is 369 g/mol. The number of aryl methyl sites for hydroxylation is 1. The Hall–Kier alpha value is -3.35. The van der Waals surface area contributed by atoms with Crippen LogP contribution in [0.3, 0.4) is 0 Å². The Morgan fingerprint density at radius 3 is 2.37 bits per heavy atom. The van der Waals surface area contributed by atoms with E-state index in [1.54, 1.807) is 36.4 Å². The lowest BCUT2D eigenvalue weighted by molar-refractivity contribution is -0.135. The van der Waals surface area contributed by atoms with E-state index in [4.69, 9.17) is 4.74 Å². The number of hydrogen-bond donors (Lipinski definition) is 2. The van der Waals surface area contributed by atoms with Gasteiger partial charge < -0.3 is 20.3 Å². The molecule has 0 aliphatic heterocycles. The summed E-state index contributed by atoms with van der Waals surface area (Å²) in [5, 5.41) is 5.38. The highest BCUT2D eigenvalue weighted by Gasteiger charge is 2.14. The molecular weight excluding hydrogens is 346 g/mol. The highest BCUT2D eigenvalue weighted by molar-refractivity contribution is 5.94. The van der Waals surface area contributed by atoms with Crippen molar-refractivity contribution in [1.82, 2.24) is 4.90 Å². The van der Waals surface area contributed by atoms with Gasteiger partial charge in [0.05, 0.1) is 6.54 Å². The molecule has 0 bridgehead atoms. The number of anilines is 2. The van der Waals surface area contributed by atoms with Crippen molar-refractivity contribution in [2.24, 2.45) is 0 Å². The number of benzene rings is 2. The molecule has 0 saturated carbocycles. The lowest BCUT2D eigenvalue weighted by atomic mass is 10.2. The molecule has 0 saturated heterocycles. The molecule has 0 atom stereocenters. The van der Waals surface area contributed by atoms with E-state index in [0.29, 0.717) is 17.1 Å². The first kappa shape index (κ1) is 20.0. The fourth-order valence-electron chi connectivity index (χ4n) is 2.26. The van der Waals surface area contributed by atoms with Gasteiger partial charge in [0.15, 0.2) is 6.61 Å². The van der Waals surface area contributed by atoms with Crippen LogP contribution in [0.1, 0.15) is 12.5 Å². The lowest BCUT2D eigenvalue weighted by Crippen LogP contribution is -2.37. The van der Waals surface area contributed by atoms with Crippen molar-refractivity contribution in [2.75, 3.05) is 30.8 Å². The van der Waals surface area contributed by atoms with E-state index in [0.717, 1.165) is 5.56 Å². The van der Waals surface area contributed by atoms with Gasteiger partial charge in [0.1, 0.15) is 5.75 Å². The highest BCUT2D eigenvalue weighted by Crippen LogP contribution is 2.17. The van der Waals surface area contributed by atoms with Gasteiger partial charge in [-0.05, 0) is 31.2 Å². The van der Waals surface area contributed by atoms with Crippen LogP contribution in [0, 0.1) is 6.92 Å². The zero-order valence-electron chi connectivity index (χ0n) is 15.6. The SMILES string of the molecule is CC(=O)Nc1cccc(OCC(=O)N(C)CC(=O)Nc2ccc(C)cc2)c1. The summed E-state index contributed by atoms with van der Waals surface area (Å²) in [6.07, 6.45) is 0.